The second-order valence-electron chi connectivity index (χ2n) is 7.89. The minimum absolute atomic E-state index is 0. The number of nitrogens with zero attached hydrogens (tertiary/aromatic N) is 1. The van der Waals surface area contributed by atoms with Gasteiger partial charge in [0.25, 0.3) is 0 Å². The third-order valence-corrected chi connectivity index (χ3v) is 5.42. The summed E-state index contributed by atoms with van der Waals surface area (Å²) in [6, 6.07) is 5.98. The van der Waals surface area contributed by atoms with E-state index < -0.39 is 0 Å². The normalized spacial score (nSPS) is 18.3. The molecular weight excluding hydrogens is 412 g/mol. The Morgan fingerprint density at radius 1 is 1.16 bits per heavy atom. The molecule has 1 amide bonds. The number of methoxy groups -OCH3 is 1. The van der Waals surface area contributed by atoms with Gasteiger partial charge < -0.3 is 14.8 Å². The molecule has 31 heavy (non-hydrogen) atoms. The molecule has 0 aliphatic heterocycles. The molecule has 0 saturated heterocycles. The first-order valence-corrected chi connectivity index (χ1v) is 10.8. The van der Waals surface area contributed by atoms with E-state index in [2.05, 4.69) is 30.3 Å². The van der Waals surface area contributed by atoms with Gasteiger partial charge in [-0.2, -0.15) is 0 Å². The molecule has 1 N–H and O–H groups in total. The Labute approximate surface area is 193 Å². The first kappa shape index (κ1) is 26.8. The molecule has 1 saturated carbocycles. The van der Waals surface area contributed by atoms with Crippen LogP contribution in [0.4, 0.5) is 0 Å². The van der Waals surface area contributed by atoms with Crippen molar-refractivity contribution >= 4 is 24.4 Å². The highest BCUT2D eigenvalue weighted by Gasteiger charge is 2.18. The zero-order valence-corrected chi connectivity index (χ0v) is 19.7. The molecule has 1 aromatic carbocycles. The predicted molar refractivity (Wildman–Crippen MR) is 131 cm³/mol. The predicted octanol–water partition coefficient (Wildman–Crippen LogP) is 4.88. The molecule has 6 heteroatoms. The highest BCUT2D eigenvalue weighted by atomic mass is 35.5. The lowest BCUT2D eigenvalue weighted by molar-refractivity contribution is -0.117. The largest absolute Gasteiger partial charge is 0.493 e. The van der Waals surface area contributed by atoms with Gasteiger partial charge >= 0.3 is 0 Å². The smallest absolute Gasteiger partial charge is 0.244 e. The minimum Gasteiger partial charge on any atom is -0.493 e. The standard InChI is InChI=1S/C25H36N2O3.ClH/c1-5-15-27(16-6-2)17-18-30-23-13-9-21(19-24(23)29-4)10-14-25(28)26-22-11-7-20(3)8-12-22;/h5-6,9-10,13-14,19-20,22H,1-2,7-8,11-12,15-18H2,3-4H3,(H,26,28);1H/b14-10+;. The van der Waals surface area contributed by atoms with Crippen molar-refractivity contribution in [3.05, 3.63) is 55.1 Å². The lowest BCUT2D eigenvalue weighted by Crippen LogP contribution is -2.36. The van der Waals surface area contributed by atoms with Crippen molar-refractivity contribution in [2.75, 3.05) is 33.4 Å². The summed E-state index contributed by atoms with van der Waals surface area (Å²) in [6.45, 7) is 12.7. The fraction of sp³-hybridized carbons (Fsp3) is 0.480. The summed E-state index contributed by atoms with van der Waals surface area (Å²) in [7, 11) is 1.62. The Morgan fingerprint density at radius 3 is 2.45 bits per heavy atom. The third kappa shape index (κ3) is 9.62. The van der Waals surface area contributed by atoms with Crippen LogP contribution >= 0.6 is 12.4 Å². The number of ether oxygens (including phenoxy) is 2. The summed E-state index contributed by atoms with van der Waals surface area (Å²) >= 11 is 0. The van der Waals surface area contributed by atoms with Crippen molar-refractivity contribution in [1.29, 1.82) is 0 Å². The monoisotopic (exact) mass is 448 g/mol. The van der Waals surface area contributed by atoms with Gasteiger partial charge in [0.1, 0.15) is 6.61 Å². The molecule has 172 valence electrons. The second-order valence-corrected chi connectivity index (χ2v) is 7.89. The first-order valence-electron chi connectivity index (χ1n) is 10.8. The number of rotatable bonds is 12. The molecule has 0 bridgehead atoms. The van der Waals surface area contributed by atoms with Crippen LogP contribution < -0.4 is 14.8 Å². The zero-order chi connectivity index (χ0) is 21.8. The van der Waals surface area contributed by atoms with E-state index in [0.717, 1.165) is 44.0 Å². The summed E-state index contributed by atoms with van der Waals surface area (Å²) in [5.41, 5.74) is 0.895. The molecule has 0 atom stereocenters. The van der Waals surface area contributed by atoms with Crippen LogP contribution in [0.25, 0.3) is 6.08 Å². The molecule has 0 unspecified atom stereocenters. The summed E-state index contributed by atoms with van der Waals surface area (Å²) < 4.78 is 11.4. The molecule has 2 rings (SSSR count). The third-order valence-electron chi connectivity index (χ3n) is 5.42. The number of nitrogens with one attached hydrogen (secondary N) is 1. The van der Waals surface area contributed by atoms with Gasteiger partial charge in [-0.3, -0.25) is 9.69 Å². The van der Waals surface area contributed by atoms with E-state index in [1.807, 2.05) is 36.4 Å². The topological polar surface area (TPSA) is 50.8 Å². The van der Waals surface area contributed by atoms with Gasteiger partial charge in [0.15, 0.2) is 11.5 Å². The van der Waals surface area contributed by atoms with Gasteiger partial charge in [-0.1, -0.05) is 25.1 Å². The maximum atomic E-state index is 12.2. The summed E-state index contributed by atoms with van der Waals surface area (Å²) in [6.07, 6.45) is 11.7. The maximum absolute atomic E-state index is 12.2. The van der Waals surface area contributed by atoms with Crippen molar-refractivity contribution in [3.63, 3.8) is 0 Å². The summed E-state index contributed by atoms with van der Waals surface area (Å²) in [5.74, 6) is 2.07. The molecular formula is C25H37ClN2O3. The van der Waals surface area contributed by atoms with Gasteiger partial charge in [0.05, 0.1) is 7.11 Å². The Bertz CT molecular complexity index is 717. The molecule has 0 heterocycles. The average Bonchev–Trinajstić information content (AvgIpc) is 2.74. The SMILES string of the molecule is C=CCN(CC=C)CCOc1ccc(/C=C/C(=O)NC2CCC(C)CC2)cc1OC.Cl. The number of halogens is 1. The number of benzene rings is 1. The van der Waals surface area contributed by atoms with Gasteiger partial charge in [-0.05, 0) is 55.4 Å². The van der Waals surface area contributed by atoms with Crippen LogP contribution in [0, 0.1) is 5.92 Å². The van der Waals surface area contributed by atoms with E-state index in [9.17, 15) is 4.79 Å². The van der Waals surface area contributed by atoms with Crippen LogP contribution in [0.15, 0.2) is 49.6 Å². The van der Waals surface area contributed by atoms with Crippen LogP contribution in [0.1, 0.15) is 38.2 Å². The van der Waals surface area contributed by atoms with Gasteiger partial charge in [0.2, 0.25) is 5.91 Å². The highest BCUT2D eigenvalue weighted by Crippen LogP contribution is 2.28. The van der Waals surface area contributed by atoms with Crippen molar-refractivity contribution in [3.8, 4) is 11.5 Å². The average molecular weight is 449 g/mol. The van der Waals surface area contributed by atoms with Gasteiger partial charge in [0, 0.05) is 31.8 Å². The molecule has 0 radical (unpaired) electrons. The molecule has 0 aromatic heterocycles. The Morgan fingerprint density at radius 2 is 1.84 bits per heavy atom. The van der Waals surface area contributed by atoms with Crippen LogP contribution in [-0.2, 0) is 4.79 Å². The van der Waals surface area contributed by atoms with Crippen LogP contribution in [0.2, 0.25) is 0 Å². The van der Waals surface area contributed by atoms with E-state index in [0.29, 0.717) is 24.1 Å². The highest BCUT2D eigenvalue weighted by molar-refractivity contribution is 5.92. The minimum atomic E-state index is -0.0432. The van der Waals surface area contributed by atoms with Crippen LogP contribution in [0.5, 0.6) is 11.5 Å². The lowest BCUT2D eigenvalue weighted by atomic mass is 9.87. The van der Waals surface area contributed by atoms with Gasteiger partial charge in [-0.25, -0.2) is 0 Å². The second kappa shape index (κ2) is 14.7. The van der Waals surface area contributed by atoms with E-state index in [-0.39, 0.29) is 18.3 Å². The van der Waals surface area contributed by atoms with Crippen molar-refractivity contribution in [2.45, 2.75) is 38.6 Å². The number of carbonyl (C=O) groups excluding carboxylic acids is 1. The number of hydrogen-bond donors (Lipinski definition) is 1. The number of carbonyl (C=O) groups is 1. The Hall–Kier alpha value is -2.24. The van der Waals surface area contributed by atoms with E-state index >= 15 is 0 Å². The van der Waals surface area contributed by atoms with Crippen LogP contribution in [0.3, 0.4) is 0 Å². The number of amides is 1. The van der Waals surface area contributed by atoms with Crippen molar-refractivity contribution in [1.82, 2.24) is 10.2 Å². The first-order chi connectivity index (χ1) is 14.5. The molecule has 1 aliphatic carbocycles. The molecule has 5 nitrogen and oxygen atoms in total. The Kier molecular flexibility index (Phi) is 12.7. The summed E-state index contributed by atoms with van der Waals surface area (Å²) in [4.78, 5) is 14.4. The van der Waals surface area contributed by atoms with Gasteiger partial charge in [-0.15, -0.1) is 25.6 Å². The van der Waals surface area contributed by atoms with E-state index in [1.54, 1.807) is 13.2 Å². The summed E-state index contributed by atoms with van der Waals surface area (Å²) in [5, 5.41) is 3.11. The molecule has 1 aliphatic rings. The van der Waals surface area contributed by atoms with Crippen LogP contribution in [-0.4, -0.2) is 50.2 Å². The molecule has 1 fully saturated rings. The number of hydrogen-bond acceptors (Lipinski definition) is 4. The van der Waals surface area contributed by atoms with Crippen molar-refractivity contribution < 1.29 is 14.3 Å². The lowest BCUT2D eigenvalue weighted by Gasteiger charge is -2.26. The zero-order valence-electron chi connectivity index (χ0n) is 18.8. The maximum Gasteiger partial charge on any atom is 0.244 e. The fourth-order valence-electron chi connectivity index (χ4n) is 3.64. The molecule has 1 aromatic rings. The fourth-order valence-corrected chi connectivity index (χ4v) is 3.64. The molecule has 0 spiro atoms. The Balaban J connectivity index is 0.00000480. The van der Waals surface area contributed by atoms with Crippen molar-refractivity contribution in [2.24, 2.45) is 5.92 Å². The van der Waals surface area contributed by atoms with E-state index in [1.165, 1.54) is 12.8 Å². The van der Waals surface area contributed by atoms with E-state index in [4.69, 9.17) is 9.47 Å². The quantitative estimate of drug-likeness (QED) is 0.366.